The number of aromatic nitrogens is 2. The summed E-state index contributed by atoms with van der Waals surface area (Å²) in [7, 11) is 0. The van der Waals surface area contributed by atoms with E-state index in [-0.39, 0.29) is 0 Å². The first-order valence-electron chi connectivity index (χ1n) is 6.86. The lowest BCUT2D eigenvalue weighted by Crippen LogP contribution is -2.32. The zero-order valence-corrected chi connectivity index (χ0v) is 11.2. The number of benzene rings is 1. The van der Waals surface area contributed by atoms with Crippen molar-refractivity contribution in [2.24, 2.45) is 0 Å². The molecule has 0 amide bonds. The van der Waals surface area contributed by atoms with Crippen LogP contribution in [0.25, 0.3) is 5.65 Å². The summed E-state index contributed by atoms with van der Waals surface area (Å²) in [5, 5.41) is 0. The monoisotopic (exact) mass is 264 g/mol. The Morgan fingerprint density at radius 2 is 2.00 bits per heavy atom. The molecule has 3 heterocycles. The van der Waals surface area contributed by atoms with E-state index in [9.17, 15) is 0 Å². The second-order valence-corrected chi connectivity index (χ2v) is 5.20. The molecule has 20 heavy (non-hydrogen) atoms. The summed E-state index contributed by atoms with van der Waals surface area (Å²) in [6, 6.07) is 12.4. The van der Waals surface area contributed by atoms with E-state index in [4.69, 9.17) is 5.73 Å². The minimum atomic E-state index is 0.900. The molecular weight excluding hydrogens is 248 g/mol. The van der Waals surface area contributed by atoms with Crippen molar-refractivity contribution in [3.8, 4) is 0 Å². The molecular formula is C16H16N4. The maximum absolute atomic E-state index is 6.07. The van der Waals surface area contributed by atoms with Crippen LogP contribution in [0.2, 0.25) is 0 Å². The van der Waals surface area contributed by atoms with E-state index in [0.717, 1.165) is 30.8 Å². The third-order valence-electron chi connectivity index (χ3n) is 4.03. The van der Waals surface area contributed by atoms with Crippen molar-refractivity contribution >= 4 is 17.2 Å². The minimum Gasteiger partial charge on any atom is -0.398 e. The van der Waals surface area contributed by atoms with Crippen molar-refractivity contribution in [1.29, 1.82) is 0 Å². The molecule has 2 N–H and O–H groups in total. The first kappa shape index (κ1) is 11.3. The van der Waals surface area contributed by atoms with E-state index in [2.05, 4.69) is 32.5 Å². The molecule has 0 saturated heterocycles. The number of nitrogen functional groups attached to an aromatic ring is 1. The summed E-state index contributed by atoms with van der Waals surface area (Å²) in [4.78, 5) is 6.73. The van der Waals surface area contributed by atoms with Crippen LogP contribution in [0, 0.1) is 0 Å². The van der Waals surface area contributed by atoms with Crippen LogP contribution in [0.1, 0.15) is 11.1 Å². The lowest BCUT2D eigenvalue weighted by atomic mass is 9.98. The maximum Gasteiger partial charge on any atom is 0.138 e. The summed E-state index contributed by atoms with van der Waals surface area (Å²) >= 11 is 0. The van der Waals surface area contributed by atoms with Crippen LogP contribution in [0.3, 0.4) is 0 Å². The van der Waals surface area contributed by atoms with Crippen LogP contribution in [-0.2, 0) is 13.0 Å². The Kier molecular flexibility index (Phi) is 2.42. The van der Waals surface area contributed by atoms with Gasteiger partial charge in [0.2, 0.25) is 0 Å². The number of hydrogen-bond acceptors (Lipinski definition) is 3. The van der Waals surface area contributed by atoms with E-state index >= 15 is 0 Å². The Bertz CT molecular complexity index is 775. The molecule has 0 fully saturated rings. The van der Waals surface area contributed by atoms with E-state index in [0.29, 0.717) is 0 Å². The van der Waals surface area contributed by atoms with Crippen molar-refractivity contribution in [2.45, 2.75) is 13.0 Å². The quantitative estimate of drug-likeness (QED) is 0.687. The van der Waals surface area contributed by atoms with Gasteiger partial charge in [0.05, 0.1) is 0 Å². The van der Waals surface area contributed by atoms with Gasteiger partial charge in [-0.25, -0.2) is 4.98 Å². The Morgan fingerprint density at radius 1 is 1.10 bits per heavy atom. The first-order chi connectivity index (χ1) is 9.83. The van der Waals surface area contributed by atoms with Gasteiger partial charge in [-0.1, -0.05) is 18.2 Å². The number of anilines is 2. The number of fused-ring (bicyclic) bond motifs is 2. The van der Waals surface area contributed by atoms with Crippen molar-refractivity contribution in [1.82, 2.24) is 9.38 Å². The number of imidazole rings is 1. The highest BCUT2D eigenvalue weighted by Crippen LogP contribution is 2.27. The molecule has 1 aliphatic rings. The van der Waals surface area contributed by atoms with Gasteiger partial charge in [-0.15, -0.1) is 0 Å². The van der Waals surface area contributed by atoms with Crippen LogP contribution in [0.5, 0.6) is 0 Å². The predicted molar refractivity (Wildman–Crippen MR) is 80.8 cm³/mol. The fourth-order valence-electron chi connectivity index (χ4n) is 3.02. The van der Waals surface area contributed by atoms with Crippen molar-refractivity contribution < 1.29 is 0 Å². The van der Waals surface area contributed by atoms with Crippen molar-refractivity contribution in [3.05, 3.63) is 59.9 Å². The van der Waals surface area contributed by atoms with Crippen LogP contribution in [0.4, 0.5) is 11.5 Å². The van der Waals surface area contributed by atoms with Crippen LogP contribution in [-0.4, -0.2) is 15.9 Å². The highest BCUT2D eigenvalue weighted by atomic mass is 15.2. The average Bonchev–Trinajstić information content (AvgIpc) is 2.95. The van der Waals surface area contributed by atoms with E-state index in [1.165, 1.54) is 16.9 Å². The zero-order valence-electron chi connectivity index (χ0n) is 11.2. The highest BCUT2D eigenvalue weighted by molar-refractivity contribution is 5.57. The molecule has 100 valence electrons. The number of pyridine rings is 1. The van der Waals surface area contributed by atoms with Gasteiger partial charge in [-0.05, 0) is 35.7 Å². The smallest absolute Gasteiger partial charge is 0.138 e. The average molecular weight is 264 g/mol. The Morgan fingerprint density at radius 3 is 2.95 bits per heavy atom. The molecule has 1 aliphatic heterocycles. The molecule has 0 unspecified atom stereocenters. The van der Waals surface area contributed by atoms with Gasteiger partial charge in [0.1, 0.15) is 11.5 Å². The second kappa shape index (κ2) is 4.27. The Balaban J connectivity index is 1.77. The largest absolute Gasteiger partial charge is 0.398 e. The summed E-state index contributed by atoms with van der Waals surface area (Å²) in [6.45, 7) is 1.89. The molecule has 0 bridgehead atoms. The fourth-order valence-corrected chi connectivity index (χ4v) is 3.02. The molecule has 0 radical (unpaired) electrons. The highest BCUT2D eigenvalue weighted by Gasteiger charge is 2.19. The van der Waals surface area contributed by atoms with Gasteiger partial charge >= 0.3 is 0 Å². The lowest BCUT2D eigenvalue weighted by Gasteiger charge is -2.31. The lowest BCUT2D eigenvalue weighted by molar-refractivity contribution is 0.717. The predicted octanol–water partition coefficient (Wildman–Crippen LogP) is 2.48. The third-order valence-corrected chi connectivity index (χ3v) is 4.03. The van der Waals surface area contributed by atoms with Gasteiger partial charge in [0.25, 0.3) is 0 Å². The van der Waals surface area contributed by atoms with E-state index < -0.39 is 0 Å². The number of hydrogen-bond donors (Lipinski definition) is 1. The van der Waals surface area contributed by atoms with Crippen LogP contribution in [0.15, 0.2) is 48.8 Å². The molecule has 3 aromatic rings. The van der Waals surface area contributed by atoms with Gasteiger partial charge in [-0.2, -0.15) is 0 Å². The Hall–Kier alpha value is -2.49. The van der Waals surface area contributed by atoms with E-state index in [1.54, 1.807) is 0 Å². The molecule has 0 spiro atoms. The summed E-state index contributed by atoms with van der Waals surface area (Å²) in [6.07, 6.45) is 4.85. The van der Waals surface area contributed by atoms with Crippen molar-refractivity contribution in [2.75, 3.05) is 17.2 Å². The summed E-state index contributed by atoms with van der Waals surface area (Å²) < 4.78 is 2.14. The Labute approximate surface area is 117 Å². The summed E-state index contributed by atoms with van der Waals surface area (Å²) in [5.41, 5.74) is 10.6. The molecule has 4 nitrogen and oxygen atoms in total. The van der Waals surface area contributed by atoms with Crippen LogP contribution >= 0.6 is 0 Å². The molecule has 1 aromatic carbocycles. The molecule has 0 aliphatic carbocycles. The molecule has 0 atom stereocenters. The number of nitrogens with two attached hydrogens (primary N) is 1. The standard InChI is InChI=1S/C16H16N4/c17-14-4-1-3-12-11-19(9-7-13(12)14)16-6-2-5-15-18-8-10-20(15)16/h1-6,8,10H,7,9,11,17H2. The van der Waals surface area contributed by atoms with Gasteiger partial charge in [0.15, 0.2) is 0 Å². The molecule has 4 rings (SSSR count). The number of rotatable bonds is 1. The third kappa shape index (κ3) is 1.65. The van der Waals surface area contributed by atoms with Gasteiger partial charge < -0.3 is 10.6 Å². The fraction of sp³-hybridized carbons (Fsp3) is 0.188. The minimum absolute atomic E-state index is 0.900. The normalized spacial score (nSPS) is 14.5. The zero-order chi connectivity index (χ0) is 13.5. The topological polar surface area (TPSA) is 46.6 Å². The molecule has 4 heteroatoms. The molecule has 0 saturated carbocycles. The van der Waals surface area contributed by atoms with Gasteiger partial charge in [0, 0.05) is 31.2 Å². The van der Waals surface area contributed by atoms with E-state index in [1.807, 2.05) is 30.6 Å². The first-order valence-corrected chi connectivity index (χ1v) is 6.86. The number of nitrogens with zero attached hydrogens (tertiary/aromatic N) is 3. The molecule has 2 aromatic heterocycles. The van der Waals surface area contributed by atoms with Crippen LogP contribution < -0.4 is 10.6 Å². The summed E-state index contributed by atoms with van der Waals surface area (Å²) in [5.74, 6) is 1.19. The van der Waals surface area contributed by atoms with Crippen molar-refractivity contribution in [3.63, 3.8) is 0 Å². The second-order valence-electron chi connectivity index (χ2n) is 5.20. The maximum atomic E-state index is 6.07. The SMILES string of the molecule is Nc1cccc2c1CCN(c1cccc3nccn13)C2. The van der Waals surface area contributed by atoms with Gasteiger partial charge in [-0.3, -0.25) is 4.40 Å².